The Morgan fingerprint density at radius 3 is 2.90 bits per heavy atom. The zero-order chi connectivity index (χ0) is 13.2. The maximum Gasteiger partial charge on any atom is 0.276 e. The average molecular weight is 347 g/mol. The first-order valence-electron chi connectivity index (χ1n) is 6.19. The Morgan fingerprint density at radius 2 is 2.19 bits per heavy atom. The maximum absolute atomic E-state index is 12.0. The van der Waals surface area contributed by atoms with Crippen molar-refractivity contribution in [3.63, 3.8) is 0 Å². The fourth-order valence-electron chi connectivity index (χ4n) is 2.11. The molecule has 0 spiro atoms. The van der Waals surface area contributed by atoms with E-state index in [1.165, 1.54) is 16.2 Å². The lowest BCUT2D eigenvalue weighted by atomic mass is 9.99. The fraction of sp³-hybridized carbons (Fsp3) is 0.308. The Kier molecular flexibility index (Phi) is 6.54. The van der Waals surface area contributed by atoms with Crippen LogP contribution in [-0.4, -0.2) is 21.9 Å². The minimum atomic E-state index is -0.226. The lowest BCUT2D eigenvalue weighted by Crippen LogP contribution is -2.27. The normalized spacial score (nSPS) is 16.1. The van der Waals surface area contributed by atoms with Gasteiger partial charge in [0.1, 0.15) is 5.69 Å². The number of halogens is 2. The summed E-state index contributed by atoms with van der Waals surface area (Å²) in [5.41, 5.74) is 7.40. The van der Waals surface area contributed by atoms with Crippen LogP contribution in [0.4, 0.5) is 5.13 Å². The first-order valence-corrected chi connectivity index (χ1v) is 7.00. The van der Waals surface area contributed by atoms with Gasteiger partial charge in [-0.2, -0.15) is 0 Å². The molecule has 0 bridgehead atoms. The molecule has 2 heterocycles. The highest BCUT2D eigenvalue weighted by Gasteiger charge is 2.21. The highest BCUT2D eigenvalue weighted by molar-refractivity contribution is 7.15. The third-order valence-corrected chi connectivity index (χ3v) is 4.13. The maximum atomic E-state index is 12.0. The zero-order valence-corrected chi connectivity index (χ0v) is 13.6. The van der Waals surface area contributed by atoms with Crippen molar-refractivity contribution in [1.82, 2.24) is 9.97 Å². The molecule has 5 nitrogen and oxygen atoms in total. The molecule has 3 N–H and O–H groups in total. The second kappa shape index (κ2) is 7.70. The summed E-state index contributed by atoms with van der Waals surface area (Å²) in [5.74, 6) is -0.226. The topological polar surface area (TPSA) is 80.9 Å². The van der Waals surface area contributed by atoms with Gasteiger partial charge in [-0.05, 0) is 31.4 Å². The van der Waals surface area contributed by atoms with Crippen molar-refractivity contribution >= 4 is 47.2 Å². The van der Waals surface area contributed by atoms with E-state index in [0.29, 0.717) is 10.8 Å². The lowest BCUT2D eigenvalue weighted by molar-refractivity contribution is 0.102. The van der Waals surface area contributed by atoms with Crippen molar-refractivity contribution in [1.29, 1.82) is 0 Å². The Morgan fingerprint density at radius 1 is 1.38 bits per heavy atom. The summed E-state index contributed by atoms with van der Waals surface area (Å²) in [6, 6.07) is 5.46. The number of anilines is 1. The average Bonchev–Trinajstić information content (AvgIpc) is 2.81. The number of carbonyl (C=O) groups is 1. The summed E-state index contributed by atoms with van der Waals surface area (Å²) in [5, 5.41) is 3.43. The second-order valence-electron chi connectivity index (χ2n) is 4.56. The van der Waals surface area contributed by atoms with E-state index >= 15 is 0 Å². The smallest absolute Gasteiger partial charge is 0.276 e. The molecule has 2 aromatic heterocycles. The minimum Gasteiger partial charge on any atom is -0.327 e. The molecule has 1 atom stereocenters. The quantitative estimate of drug-likeness (QED) is 0.874. The summed E-state index contributed by atoms with van der Waals surface area (Å²) in [6.07, 6.45) is 4.31. The van der Waals surface area contributed by atoms with E-state index in [1.54, 1.807) is 24.4 Å². The molecule has 114 valence electrons. The molecule has 0 fully saturated rings. The Labute approximate surface area is 139 Å². The van der Waals surface area contributed by atoms with Crippen LogP contribution in [0.25, 0.3) is 0 Å². The second-order valence-corrected chi connectivity index (χ2v) is 5.64. The number of aryl methyl sites for hydroxylation is 1. The summed E-state index contributed by atoms with van der Waals surface area (Å²) >= 11 is 1.51. The molecule has 0 aliphatic heterocycles. The summed E-state index contributed by atoms with van der Waals surface area (Å²) in [6.45, 7) is 0. The number of fused-ring (bicyclic) bond motifs is 1. The summed E-state index contributed by atoms with van der Waals surface area (Å²) in [7, 11) is 0. The van der Waals surface area contributed by atoms with E-state index in [-0.39, 0.29) is 36.8 Å². The van der Waals surface area contributed by atoms with Crippen molar-refractivity contribution in [2.45, 2.75) is 25.3 Å². The number of aromatic nitrogens is 2. The number of nitrogens with two attached hydrogens (primary N) is 1. The fourth-order valence-corrected chi connectivity index (χ4v) is 3.21. The number of pyridine rings is 1. The molecule has 0 radical (unpaired) electrons. The molecule has 1 aliphatic carbocycles. The summed E-state index contributed by atoms with van der Waals surface area (Å²) in [4.78, 5) is 21.6. The van der Waals surface area contributed by atoms with Gasteiger partial charge in [-0.1, -0.05) is 6.07 Å². The molecule has 0 saturated heterocycles. The van der Waals surface area contributed by atoms with Gasteiger partial charge < -0.3 is 5.73 Å². The van der Waals surface area contributed by atoms with Gasteiger partial charge in [-0.3, -0.25) is 15.1 Å². The van der Waals surface area contributed by atoms with Crippen LogP contribution < -0.4 is 11.1 Å². The molecular formula is C13H16Cl2N4OS. The molecule has 2 aromatic rings. The van der Waals surface area contributed by atoms with Gasteiger partial charge in [-0.15, -0.1) is 36.2 Å². The molecule has 21 heavy (non-hydrogen) atoms. The molecule has 1 aliphatic rings. The molecule has 0 aromatic carbocycles. The number of nitrogens with zero attached hydrogens (tertiary/aromatic N) is 2. The van der Waals surface area contributed by atoms with Crippen LogP contribution in [0.5, 0.6) is 0 Å². The monoisotopic (exact) mass is 346 g/mol. The van der Waals surface area contributed by atoms with Crippen molar-refractivity contribution in [3.05, 3.63) is 40.7 Å². The van der Waals surface area contributed by atoms with Crippen molar-refractivity contribution < 1.29 is 4.79 Å². The van der Waals surface area contributed by atoms with Crippen LogP contribution in [0.3, 0.4) is 0 Å². The Hall–Kier alpha value is -1.21. The third-order valence-electron chi connectivity index (χ3n) is 3.10. The van der Waals surface area contributed by atoms with E-state index in [2.05, 4.69) is 15.3 Å². The van der Waals surface area contributed by atoms with Crippen molar-refractivity contribution in [2.75, 3.05) is 5.32 Å². The SMILES string of the molecule is Cl.Cl.N[C@H]1CCc2nc(NC(=O)c3ccccn3)sc2C1. The highest BCUT2D eigenvalue weighted by Crippen LogP contribution is 2.29. The van der Waals surface area contributed by atoms with Gasteiger partial charge in [0.25, 0.3) is 5.91 Å². The van der Waals surface area contributed by atoms with E-state index in [0.717, 1.165) is 25.0 Å². The van der Waals surface area contributed by atoms with E-state index in [9.17, 15) is 4.79 Å². The Bertz CT molecular complexity index is 605. The largest absolute Gasteiger partial charge is 0.327 e. The first-order chi connectivity index (χ1) is 9.22. The number of carbonyl (C=O) groups excluding carboxylic acids is 1. The number of rotatable bonds is 2. The van der Waals surface area contributed by atoms with Crippen LogP contribution in [-0.2, 0) is 12.8 Å². The van der Waals surface area contributed by atoms with Crippen LogP contribution in [0, 0.1) is 0 Å². The van der Waals surface area contributed by atoms with Crippen molar-refractivity contribution in [3.8, 4) is 0 Å². The summed E-state index contributed by atoms with van der Waals surface area (Å²) < 4.78 is 0. The highest BCUT2D eigenvalue weighted by atomic mass is 35.5. The van der Waals surface area contributed by atoms with E-state index in [1.807, 2.05) is 0 Å². The van der Waals surface area contributed by atoms with Gasteiger partial charge in [0.05, 0.1) is 5.69 Å². The predicted octanol–water partition coefficient (Wildman–Crippen LogP) is 2.45. The number of thiazole rings is 1. The number of hydrogen-bond donors (Lipinski definition) is 2. The Balaban J connectivity index is 0.00000110. The first kappa shape index (κ1) is 17.8. The van der Waals surface area contributed by atoms with Crippen molar-refractivity contribution in [2.24, 2.45) is 5.73 Å². The molecular weight excluding hydrogens is 331 g/mol. The van der Waals surface area contributed by atoms with Gasteiger partial charge >= 0.3 is 0 Å². The lowest BCUT2D eigenvalue weighted by Gasteiger charge is -2.15. The molecule has 3 rings (SSSR count). The number of hydrogen-bond acceptors (Lipinski definition) is 5. The van der Waals surface area contributed by atoms with Crippen LogP contribution in [0.2, 0.25) is 0 Å². The predicted molar refractivity (Wildman–Crippen MR) is 88.8 cm³/mol. The minimum absolute atomic E-state index is 0. The third kappa shape index (κ3) is 4.14. The van der Waals surface area contributed by atoms with Gasteiger partial charge in [0.15, 0.2) is 5.13 Å². The van der Waals surface area contributed by atoms with Crippen LogP contribution in [0.15, 0.2) is 24.4 Å². The van der Waals surface area contributed by atoms with E-state index < -0.39 is 0 Å². The molecule has 1 amide bonds. The molecule has 8 heteroatoms. The number of nitrogens with one attached hydrogen (secondary N) is 1. The molecule has 0 unspecified atom stereocenters. The standard InChI is InChI=1S/C13H14N4OS.2ClH/c14-8-4-5-9-11(7-8)19-13(16-9)17-12(18)10-3-1-2-6-15-10;;/h1-3,6,8H,4-5,7,14H2,(H,16,17,18);2*1H/t8-;;/m0../s1. The zero-order valence-electron chi connectivity index (χ0n) is 11.1. The van der Waals surface area contributed by atoms with Crippen LogP contribution >= 0.6 is 36.2 Å². The molecule has 0 saturated carbocycles. The van der Waals surface area contributed by atoms with E-state index in [4.69, 9.17) is 5.73 Å². The number of amides is 1. The van der Waals surface area contributed by atoms with Crippen LogP contribution in [0.1, 0.15) is 27.5 Å². The van der Waals surface area contributed by atoms with Gasteiger partial charge in [0.2, 0.25) is 0 Å². The van der Waals surface area contributed by atoms with Gasteiger partial charge in [-0.25, -0.2) is 4.98 Å². The van der Waals surface area contributed by atoms with Gasteiger partial charge in [0, 0.05) is 17.1 Å².